The van der Waals surface area contributed by atoms with E-state index in [0.29, 0.717) is 5.56 Å². The number of para-hydroxylation sites is 1. The predicted octanol–water partition coefficient (Wildman–Crippen LogP) is 1.20. The molecule has 4 heteroatoms. The van der Waals surface area contributed by atoms with Crippen molar-refractivity contribution in [2.45, 2.75) is 13.0 Å². The van der Waals surface area contributed by atoms with Gasteiger partial charge in [0.15, 0.2) is 0 Å². The zero-order valence-electron chi connectivity index (χ0n) is 8.03. The maximum atomic E-state index is 10.7. The van der Waals surface area contributed by atoms with E-state index in [1.807, 2.05) is 19.1 Å². The molecule has 0 spiro atoms. The Bertz CT molecular complexity index is 326. The molecule has 1 aromatic carbocycles. The first-order chi connectivity index (χ1) is 6.66. The summed E-state index contributed by atoms with van der Waals surface area (Å²) in [7, 11) is 0. The van der Waals surface area contributed by atoms with Crippen LogP contribution in [0.5, 0.6) is 0 Å². The van der Waals surface area contributed by atoms with Crippen LogP contribution in [0.2, 0.25) is 0 Å². The largest absolute Gasteiger partial charge is 0.480 e. The molecule has 76 valence electrons. The van der Waals surface area contributed by atoms with Gasteiger partial charge in [-0.15, -0.1) is 0 Å². The van der Waals surface area contributed by atoms with Crippen molar-refractivity contribution in [3.8, 4) is 0 Å². The van der Waals surface area contributed by atoms with Crippen molar-refractivity contribution in [3.05, 3.63) is 29.8 Å². The third kappa shape index (κ3) is 2.23. The Morgan fingerprint density at radius 1 is 1.57 bits per heavy atom. The van der Waals surface area contributed by atoms with Crippen molar-refractivity contribution in [3.63, 3.8) is 0 Å². The molecule has 0 fully saturated rings. The summed E-state index contributed by atoms with van der Waals surface area (Å²) in [5.41, 5.74) is 6.92. The second kappa shape index (κ2) is 4.62. The summed E-state index contributed by atoms with van der Waals surface area (Å²) in [5.74, 6) is -1.02. The zero-order chi connectivity index (χ0) is 10.6. The van der Waals surface area contributed by atoms with Gasteiger partial charge in [0.05, 0.1) is 0 Å². The summed E-state index contributed by atoms with van der Waals surface area (Å²) in [6.07, 6.45) is 0. The van der Waals surface area contributed by atoms with Crippen molar-refractivity contribution in [2.24, 2.45) is 5.73 Å². The lowest BCUT2D eigenvalue weighted by atomic mass is 10.1. The van der Waals surface area contributed by atoms with Crippen molar-refractivity contribution < 1.29 is 9.90 Å². The number of hydrogen-bond donors (Lipinski definition) is 3. The molecule has 0 heterocycles. The fourth-order valence-electron chi connectivity index (χ4n) is 1.25. The number of aliphatic carboxylic acids is 1. The Hall–Kier alpha value is -1.55. The lowest BCUT2D eigenvalue weighted by molar-refractivity contribution is -0.138. The van der Waals surface area contributed by atoms with E-state index in [-0.39, 0.29) is 0 Å². The van der Waals surface area contributed by atoms with Gasteiger partial charge >= 0.3 is 5.97 Å². The van der Waals surface area contributed by atoms with E-state index >= 15 is 0 Å². The summed E-state index contributed by atoms with van der Waals surface area (Å²) in [6.45, 7) is 2.69. The van der Waals surface area contributed by atoms with Crippen LogP contribution in [0.25, 0.3) is 0 Å². The summed E-state index contributed by atoms with van der Waals surface area (Å²) in [6, 6.07) is 6.19. The number of hydrogen-bond acceptors (Lipinski definition) is 3. The molecule has 0 aliphatic heterocycles. The van der Waals surface area contributed by atoms with E-state index < -0.39 is 12.0 Å². The molecule has 14 heavy (non-hydrogen) atoms. The highest BCUT2D eigenvalue weighted by atomic mass is 16.4. The van der Waals surface area contributed by atoms with Gasteiger partial charge in [0, 0.05) is 17.8 Å². The average Bonchev–Trinajstić information content (AvgIpc) is 2.18. The van der Waals surface area contributed by atoms with Crippen LogP contribution in [0.3, 0.4) is 0 Å². The van der Waals surface area contributed by atoms with Gasteiger partial charge in [0.2, 0.25) is 0 Å². The van der Waals surface area contributed by atoms with Gasteiger partial charge < -0.3 is 16.2 Å². The molecule has 0 radical (unpaired) electrons. The molecule has 0 aliphatic carbocycles. The third-order valence-electron chi connectivity index (χ3n) is 1.93. The molecule has 1 unspecified atom stereocenters. The molecule has 1 atom stereocenters. The maximum absolute atomic E-state index is 10.7. The number of rotatable bonds is 4. The Morgan fingerprint density at radius 2 is 2.21 bits per heavy atom. The van der Waals surface area contributed by atoms with E-state index in [1.54, 1.807) is 12.1 Å². The monoisotopic (exact) mass is 194 g/mol. The molecule has 4 N–H and O–H groups in total. The number of carboxylic acids is 1. The second-order valence-electron chi connectivity index (χ2n) is 2.93. The van der Waals surface area contributed by atoms with Gasteiger partial charge in [-0.25, -0.2) is 0 Å². The summed E-state index contributed by atoms with van der Waals surface area (Å²) in [5, 5.41) is 11.8. The van der Waals surface area contributed by atoms with Gasteiger partial charge in [-0.2, -0.15) is 0 Å². The standard InChI is InChI=1S/C10H14N2O2/c1-2-12-8-6-4-3-5-7(8)9(11)10(13)14/h3-6,9,12H,2,11H2,1H3,(H,13,14). The fraction of sp³-hybridized carbons (Fsp3) is 0.300. The van der Waals surface area contributed by atoms with Crippen molar-refractivity contribution >= 4 is 11.7 Å². The molecular weight excluding hydrogens is 180 g/mol. The molecule has 0 amide bonds. The molecule has 1 aromatic rings. The minimum absolute atomic E-state index is 0.613. The first-order valence-electron chi connectivity index (χ1n) is 4.48. The van der Waals surface area contributed by atoms with Crippen LogP contribution in [0.15, 0.2) is 24.3 Å². The van der Waals surface area contributed by atoms with Crippen LogP contribution < -0.4 is 11.1 Å². The van der Waals surface area contributed by atoms with Gasteiger partial charge in [-0.3, -0.25) is 4.79 Å². The van der Waals surface area contributed by atoms with Crippen LogP contribution >= 0.6 is 0 Å². The Kier molecular flexibility index (Phi) is 3.48. The normalized spacial score (nSPS) is 12.1. The first-order valence-corrected chi connectivity index (χ1v) is 4.48. The van der Waals surface area contributed by atoms with Gasteiger partial charge in [-0.05, 0) is 13.0 Å². The number of anilines is 1. The van der Waals surface area contributed by atoms with Crippen LogP contribution in [0.1, 0.15) is 18.5 Å². The third-order valence-corrected chi connectivity index (χ3v) is 1.93. The van der Waals surface area contributed by atoms with Crippen molar-refractivity contribution in [2.75, 3.05) is 11.9 Å². The highest BCUT2D eigenvalue weighted by Gasteiger charge is 2.16. The predicted molar refractivity (Wildman–Crippen MR) is 55.2 cm³/mol. The molecular formula is C10H14N2O2. The molecule has 0 bridgehead atoms. The van der Waals surface area contributed by atoms with E-state index in [2.05, 4.69) is 5.32 Å². The number of nitrogens with one attached hydrogen (secondary N) is 1. The summed E-state index contributed by atoms with van der Waals surface area (Å²) < 4.78 is 0. The fourth-order valence-corrected chi connectivity index (χ4v) is 1.25. The molecule has 0 aromatic heterocycles. The second-order valence-corrected chi connectivity index (χ2v) is 2.93. The molecule has 0 aliphatic rings. The molecule has 0 saturated heterocycles. The topological polar surface area (TPSA) is 75.3 Å². The van der Waals surface area contributed by atoms with Crippen molar-refractivity contribution in [1.29, 1.82) is 0 Å². The summed E-state index contributed by atoms with van der Waals surface area (Å²) in [4.78, 5) is 10.7. The van der Waals surface area contributed by atoms with E-state index in [4.69, 9.17) is 10.8 Å². The quantitative estimate of drug-likeness (QED) is 0.673. The van der Waals surface area contributed by atoms with Gasteiger partial charge in [0.25, 0.3) is 0 Å². The van der Waals surface area contributed by atoms with E-state index in [9.17, 15) is 4.79 Å². The first kappa shape index (κ1) is 10.5. The molecule has 1 rings (SSSR count). The zero-order valence-corrected chi connectivity index (χ0v) is 8.03. The van der Waals surface area contributed by atoms with Gasteiger partial charge in [-0.1, -0.05) is 18.2 Å². The Balaban J connectivity index is 3.00. The lowest BCUT2D eigenvalue weighted by Crippen LogP contribution is -2.22. The van der Waals surface area contributed by atoms with Crippen LogP contribution in [-0.4, -0.2) is 17.6 Å². The van der Waals surface area contributed by atoms with Crippen LogP contribution in [0, 0.1) is 0 Å². The summed E-state index contributed by atoms with van der Waals surface area (Å²) >= 11 is 0. The maximum Gasteiger partial charge on any atom is 0.325 e. The van der Waals surface area contributed by atoms with Crippen LogP contribution in [0.4, 0.5) is 5.69 Å². The number of nitrogens with two attached hydrogens (primary N) is 1. The minimum Gasteiger partial charge on any atom is -0.480 e. The lowest BCUT2D eigenvalue weighted by Gasteiger charge is -2.13. The van der Waals surface area contributed by atoms with Crippen LogP contribution in [-0.2, 0) is 4.79 Å². The Labute approximate surface area is 82.7 Å². The average molecular weight is 194 g/mol. The SMILES string of the molecule is CCNc1ccccc1C(N)C(=O)O. The number of benzene rings is 1. The smallest absolute Gasteiger partial charge is 0.325 e. The Morgan fingerprint density at radius 3 is 2.79 bits per heavy atom. The molecule has 0 saturated carbocycles. The minimum atomic E-state index is -1.02. The number of carbonyl (C=O) groups is 1. The van der Waals surface area contributed by atoms with Gasteiger partial charge in [0.1, 0.15) is 6.04 Å². The van der Waals surface area contributed by atoms with Crippen molar-refractivity contribution in [1.82, 2.24) is 0 Å². The number of carboxylic acid groups (broad SMARTS) is 1. The molecule has 4 nitrogen and oxygen atoms in total. The highest BCUT2D eigenvalue weighted by Crippen LogP contribution is 2.20. The van der Waals surface area contributed by atoms with E-state index in [1.165, 1.54) is 0 Å². The van der Waals surface area contributed by atoms with E-state index in [0.717, 1.165) is 12.2 Å². The highest BCUT2D eigenvalue weighted by molar-refractivity contribution is 5.78.